The minimum atomic E-state index is -5.84. The van der Waals surface area contributed by atoms with E-state index in [0.717, 1.165) is 0 Å². The van der Waals surface area contributed by atoms with Gasteiger partial charge in [-0.1, -0.05) is 64.2 Å². The van der Waals surface area contributed by atoms with Gasteiger partial charge in [0.2, 0.25) is 0 Å². The van der Waals surface area contributed by atoms with E-state index >= 15 is 0 Å². The van der Waals surface area contributed by atoms with Crippen LogP contribution in [0, 0.1) is 14.9 Å². The van der Waals surface area contributed by atoms with Gasteiger partial charge in [-0.3, -0.25) is 4.55 Å². The Morgan fingerprint density at radius 1 is 0.727 bits per heavy atom. The summed E-state index contributed by atoms with van der Waals surface area (Å²) in [6, 6.07) is 0. The first-order chi connectivity index (χ1) is 9.25. The van der Waals surface area contributed by atoms with Gasteiger partial charge in [0, 0.05) is 0 Å². The molecule has 0 heterocycles. The molecule has 0 aromatic rings. The van der Waals surface area contributed by atoms with E-state index in [2.05, 4.69) is 22.2 Å². The van der Waals surface area contributed by atoms with Gasteiger partial charge in [-0.2, -0.15) is 21.6 Å². The first-order valence-corrected chi connectivity index (χ1v) is 9.03. The summed E-state index contributed by atoms with van der Waals surface area (Å²) in [5, 5.41) is 3.19. The number of hydrogen-bond donors (Lipinski definition) is 1. The van der Waals surface area contributed by atoms with Crippen molar-refractivity contribution in [3.8, 4) is 0 Å². The fraction of sp³-hybridized carbons (Fsp3) is 0.786. The van der Waals surface area contributed by atoms with Crippen LogP contribution in [0.5, 0.6) is 0 Å². The van der Waals surface area contributed by atoms with Crippen LogP contribution in [0.4, 0.5) is 13.2 Å². The SMILES string of the molecule is C1CCCC1.C1CCCC1.O=S(=O)(O)C(F)(F)F.[CH2]=[V+2].[CH3-].[CH3-]. The van der Waals surface area contributed by atoms with E-state index in [0.29, 0.717) is 0 Å². The van der Waals surface area contributed by atoms with Crippen molar-refractivity contribution in [1.29, 1.82) is 0 Å². The van der Waals surface area contributed by atoms with Crippen LogP contribution in [0.1, 0.15) is 64.2 Å². The van der Waals surface area contributed by atoms with Crippen molar-refractivity contribution < 1.29 is 43.1 Å². The van der Waals surface area contributed by atoms with E-state index in [1.807, 2.05) is 0 Å². The van der Waals surface area contributed by atoms with E-state index in [1.54, 1.807) is 0 Å². The maximum absolute atomic E-state index is 10.7. The van der Waals surface area contributed by atoms with Crippen molar-refractivity contribution in [2.45, 2.75) is 69.7 Å². The fourth-order valence-electron chi connectivity index (χ4n) is 1.77. The van der Waals surface area contributed by atoms with Crippen molar-refractivity contribution in [2.75, 3.05) is 0 Å². The van der Waals surface area contributed by atoms with E-state index in [4.69, 9.17) is 13.0 Å². The zero-order valence-electron chi connectivity index (χ0n) is 13.5. The third-order valence-electron chi connectivity index (χ3n) is 2.79. The molecule has 0 unspecified atom stereocenters. The van der Waals surface area contributed by atoms with Crippen LogP contribution in [0.15, 0.2) is 0 Å². The largest absolute Gasteiger partial charge is 0.358 e. The molecule has 0 aromatic heterocycles. The van der Waals surface area contributed by atoms with Crippen LogP contribution >= 0.6 is 0 Å². The molecule has 22 heavy (non-hydrogen) atoms. The topological polar surface area (TPSA) is 54.4 Å². The number of hydrogen-bond acceptors (Lipinski definition) is 2. The molecule has 3 nitrogen and oxygen atoms in total. The monoisotopic (exact) mass is 385 g/mol. The fourth-order valence-corrected chi connectivity index (χ4v) is 1.77. The number of halogens is 3. The summed E-state index contributed by atoms with van der Waals surface area (Å²) in [5.41, 5.74) is -5.53. The number of rotatable bonds is 0. The Kier molecular flexibility index (Phi) is 23.9. The van der Waals surface area contributed by atoms with Crippen molar-refractivity contribution in [3.63, 3.8) is 0 Å². The summed E-state index contributed by atoms with van der Waals surface area (Å²) >= 11 is 2.06. The molecule has 2 rings (SSSR count). The van der Waals surface area contributed by atoms with Gasteiger partial charge in [0.05, 0.1) is 0 Å². The zero-order valence-corrected chi connectivity index (χ0v) is 15.7. The molecule has 2 aliphatic carbocycles. The first kappa shape index (κ1) is 30.1. The maximum Gasteiger partial charge on any atom is -0.358 e. The van der Waals surface area contributed by atoms with Gasteiger partial charge in [-0.05, 0) is 0 Å². The molecular formula is C14H29F3O3SV. The van der Waals surface area contributed by atoms with Crippen LogP contribution in [0.25, 0.3) is 0 Å². The van der Waals surface area contributed by atoms with E-state index in [-0.39, 0.29) is 14.9 Å². The summed E-state index contributed by atoms with van der Waals surface area (Å²) in [6.45, 7) is 0. The van der Waals surface area contributed by atoms with Crippen LogP contribution in [-0.4, -0.2) is 23.7 Å². The predicted molar refractivity (Wildman–Crippen MR) is 83.7 cm³/mol. The third kappa shape index (κ3) is 20.2. The zero-order chi connectivity index (χ0) is 16.1. The van der Waals surface area contributed by atoms with Crippen LogP contribution in [-0.2, 0) is 27.1 Å². The molecule has 2 saturated carbocycles. The van der Waals surface area contributed by atoms with E-state index < -0.39 is 15.6 Å². The van der Waals surface area contributed by atoms with Crippen LogP contribution < -0.4 is 0 Å². The molecule has 0 radical (unpaired) electrons. The van der Waals surface area contributed by atoms with Crippen molar-refractivity contribution in [2.24, 2.45) is 0 Å². The van der Waals surface area contributed by atoms with Gasteiger partial charge in [-0.25, -0.2) is 0 Å². The molecular weight excluding hydrogens is 356 g/mol. The van der Waals surface area contributed by atoms with Crippen molar-refractivity contribution >= 4 is 15.4 Å². The molecule has 0 atom stereocenters. The summed E-state index contributed by atoms with van der Waals surface area (Å²) in [5.74, 6) is 0. The van der Waals surface area contributed by atoms with E-state index in [1.165, 1.54) is 64.2 Å². The molecule has 0 saturated heterocycles. The summed E-state index contributed by atoms with van der Waals surface area (Å²) in [7, 11) is -5.84. The Morgan fingerprint density at radius 3 is 0.864 bits per heavy atom. The van der Waals surface area contributed by atoms with Gasteiger partial charge in [-0.15, -0.1) is 0 Å². The Morgan fingerprint density at radius 2 is 0.818 bits per heavy atom. The first-order valence-electron chi connectivity index (χ1n) is 6.60. The summed E-state index contributed by atoms with van der Waals surface area (Å²) < 4.78 is 57.5. The van der Waals surface area contributed by atoms with Gasteiger partial charge >= 0.3 is 37.8 Å². The molecule has 2 fully saturated rings. The predicted octanol–water partition coefficient (Wildman–Crippen LogP) is 5.16. The standard InChI is InChI=1S/2C5H10.CHF3O3S.2CH3.CH2.V/c2*1-2-4-5-3-1;2-1(3,4)8(5,6)7;;;;/h2*1-5H2;(H,5,6,7);2*1H3;1H2;/q;;;2*-1;;+2. The second kappa shape index (κ2) is 17.5. The smallest absolute Gasteiger partial charge is 0.358 e. The van der Waals surface area contributed by atoms with Crippen molar-refractivity contribution in [1.82, 2.24) is 0 Å². The Hall–Kier alpha value is 0.154. The molecule has 135 valence electrons. The van der Waals surface area contributed by atoms with Gasteiger partial charge in [0.15, 0.2) is 0 Å². The average Bonchev–Trinajstić information content (AvgIpc) is 3.08. The molecule has 0 aromatic carbocycles. The second-order valence-electron chi connectivity index (χ2n) is 4.46. The number of alkyl halides is 3. The van der Waals surface area contributed by atoms with Gasteiger partial charge in [0.25, 0.3) is 0 Å². The van der Waals surface area contributed by atoms with Gasteiger partial charge < -0.3 is 14.9 Å². The molecule has 2 aliphatic rings. The quantitative estimate of drug-likeness (QED) is 0.356. The van der Waals surface area contributed by atoms with Gasteiger partial charge in [0.1, 0.15) is 0 Å². The summed E-state index contributed by atoms with van der Waals surface area (Å²) in [6.07, 6.45) is 15.0. The molecule has 0 aliphatic heterocycles. The Labute approximate surface area is 143 Å². The van der Waals surface area contributed by atoms with E-state index in [9.17, 15) is 13.2 Å². The molecule has 1 N–H and O–H groups in total. The normalized spacial score (nSPS) is 16.3. The average molecular weight is 385 g/mol. The minimum Gasteiger partial charge on any atom is -0.358 e. The van der Waals surface area contributed by atoms with Crippen LogP contribution in [0.3, 0.4) is 0 Å². The Bertz CT molecular complexity index is 287. The maximum atomic E-state index is 10.7. The second-order valence-corrected chi connectivity index (χ2v) is 5.87. The third-order valence-corrected chi connectivity index (χ3v) is 3.38. The summed E-state index contributed by atoms with van der Waals surface area (Å²) in [4.78, 5) is 0. The van der Waals surface area contributed by atoms with Crippen molar-refractivity contribution in [3.05, 3.63) is 14.9 Å². The minimum absolute atomic E-state index is 0. The Balaban J connectivity index is -0.000000102. The molecule has 0 bridgehead atoms. The molecule has 0 spiro atoms. The molecule has 0 amide bonds. The molecule has 8 heteroatoms. The van der Waals surface area contributed by atoms with Crippen LogP contribution in [0.2, 0.25) is 0 Å².